The van der Waals surface area contributed by atoms with Crippen LogP contribution in [0.2, 0.25) is 0 Å². The van der Waals surface area contributed by atoms with Gasteiger partial charge in [0.25, 0.3) is 5.97 Å². The van der Waals surface area contributed by atoms with Crippen LogP contribution in [0.5, 0.6) is 0 Å². The van der Waals surface area contributed by atoms with Crippen LogP contribution < -0.4 is 0 Å². The van der Waals surface area contributed by atoms with E-state index in [4.69, 9.17) is 56.8 Å². The number of methoxy groups -OCH3 is 1. The first-order chi connectivity index (χ1) is 21.0. The number of esters is 6. The molecule has 3 aliphatic rings. The third kappa shape index (κ3) is 9.54. The second kappa shape index (κ2) is 15.2. The maximum atomic E-state index is 12.3. The number of ether oxygens (including phenoxy) is 12. The number of carbonyl (C=O) groups excluding carboxylic acids is 6. The summed E-state index contributed by atoms with van der Waals surface area (Å²) < 4.78 is 67.3. The number of rotatable bonds is 11. The van der Waals surface area contributed by atoms with Crippen molar-refractivity contribution in [3.8, 4) is 0 Å². The van der Waals surface area contributed by atoms with Crippen LogP contribution in [-0.4, -0.2) is 124 Å². The topological polar surface area (TPSA) is 213 Å². The Morgan fingerprint density at radius 1 is 0.578 bits per heavy atom. The molecule has 18 nitrogen and oxygen atoms in total. The minimum atomic E-state index is -1.69. The largest absolute Gasteiger partial charge is 0.463 e. The van der Waals surface area contributed by atoms with Crippen molar-refractivity contribution in [2.24, 2.45) is 0 Å². The lowest BCUT2D eigenvalue weighted by atomic mass is 9.96. The summed E-state index contributed by atoms with van der Waals surface area (Å²) in [4.78, 5) is 72.2. The standard InChI is InChI=1S/C27H38O18/c1-11(28)35-9-17-19(37-13(3)30)21(38-14(4)31)23(40-16(6)33)25(41-17)43-20-18(10-36-12(2)29)42-26-24(22(20)39-15(5)32)44-27(7,34-8)45-26/h17-26H,9-10H2,1-8H3/t17-,18-,19-,20-,21+,22+,23-,24-,25-,26-,27?/m1/s1. The highest BCUT2D eigenvalue weighted by Crippen LogP contribution is 2.41. The molecular weight excluding hydrogens is 612 g/mol. The second-order valence-corrected chi connectivity index (χ2v) is 10.4. The smallest absolute Gasteiger partial charge is 0.303 e. The summed E-state index contributed by atoms with van der Waals surface area (Å²) in [5.41, 5.74) is 0. The molecule has 45 heavy (non-hydrogen) atoms. The molecule has 0 aromatic carbocycles. The highest BCUT2D eigenvalue weighted by molar-refractivity contribution is 5.69. The fourth-order valence-electron chi connectivity index (χ4n) is 4.96. The van der Waals surface area contributed by atoms with Gasteiger partial charge in [0, 0.05) is 55.6 Å². The molecule has 18 heteroatoms. The van der Waals surface area contributed by atoms with Gasteiger partial charge < -0.3 is 52.1 Å². The van der Waals surface area contributed by atoms with Gasteiger partial charge in [0.05, 0.1) is 0 Å². The van der Waals surface area contributed by atoms with Gasteiger partial charge in [-0.3, -0.25) is 33.5 Å². The molecule has 0 bridgehead atoms. The predicted molar refractivity (Wildman–Crippen MR) is 139 cm³/mol. The molecule has 0 spiro atoms. The van der Waals surface area contributed by atoms with Crippen molar-refractivity contribution in [2.45, 2.75) is 116 Å². The van der Waals surface area contributed by atoms with Crippen LogP contribution in [0.3, 0.4) is 0 Å². The quantitative estimate of drug-likeness (QED) is 0.202. The molecule has 0 amide bonds. The minimum Gasteiger partial charge on any atom is -0.463 e. The minimum absolute atomic E-state index is 0.445. The van der Waals surface area contributed by atoms with Crippen molar-refractivity contribution in [3.63, 3.8) is 0 Å². The van der Waals surface area contributed by atoms with Crippen molar-refractivity contribution in [3.05, 3.63) is 0 Å². The number of hydrogen-bond donors (Lipinski definition) is 0. The average molecular weight is 651 g/mol. The Kier molecular flexibility index (Phi) is 12.2. The van der Waals surface area contributed by atoms with E-state index in [0.717, 1.165) is 41.5 Å². The third-order valence-electron chi connectivity index (χ3n) is 6.63. The molecule has 1 unspecified atom stereocenters. The molecule has 0 N–H and O–H groups in total. The van der Waals surface area contributed by atoms with E-state index in [1.165, 1.54) is 14.0 Å². The second-order valence-electron chi connectivity index (χ2n) is 10.4. The Labute approximate surface area is 258 Å². The third-order valence-corrected chi connectivity index (χ3v) is 6.63. The maximum Gasteiger partial charge on any atom is 0.303 e. The summed E-state index contributed by atoms with van der Waals surface area (Å²) in [7, 11) is 1.31. The molecule has 11 atom stereocenters. The average Bonchev–Trinajstić information content (AvgIpc) is 3.26. The van der Waals surface area contributed by atoms with Crippen LogP contribution in [0.25, 0.3) is 0 Å². The van der Waals surface area contributed by atoms with E-state index >= 15 is 0 Å². The molecule has 3 fully saturated rings. The monoisotopic (exact) mass is 650 g/mol. The van der Waals surface area contributed by atoms with Crippen molar-refractivity contribution >= 4 is 35.8 Å². The Bertz CT molecular complexity index is 1130. The molecule has 0 radical (unpaired) electrons. The van der Waals surface area contributed by atoms with Gasteiger partial charge in [-0.1, -0.05) is 0 Å². The van der Waals surface area contributed by atoms with Crippen LogP contribution in [-0.2, 0) is 85.6 Å². The maximum absolute atomic E-state index is 12.3. The molecule has 0 aromatic rings. The first-order valence-corrected chi connectivity index (χ1v) is 13.9. The van der Waals surface area contributed by atoms with E-state index in [1.54, 1.807) is 0 Å². The molecule has 0 aliphatic carbocycles. The fourth-order valence-corrected chi connectivity index (χ4v) is 4.96. The normalized spacial score (nSPS) is 35.7. The lowest BCUT2D eigenvalue weighted by Crippen LogP contribution is -2.66. The Morgan fingerprint density at radius 2 is 1.04 bits per heavy atom. The van der Waals surface area contributed by atoms with Crippen molar-refractivity contribution in [2.75, 3.05) is 20.3 Å². The van der Waals surface area contributed by atoms with Gasteiger partial charge in [0.15, 0.2) is 43.1 Å². The first-order valence-electron chi connectivity index (χ1n) is 13.9. The summed E-state index contributed by atoms with van der Waals surface area (Å²) >= 11 is 0. The van der Waals surface area contributed by atoms with Crippen molar-refractivity contribution in [1.82, 2.24) is 0 Å². The summed E-state index contributed by atoms with van der Waals surface area (Å²) in [6, 6.07) is 0. The van der Waals surface area contributed by atoms with Crippen LogP contribution in [0.4, 0.5) is 0 Å². The van der Waals surface area contributed by atoms with Gasteiger partial charge in [-0.25, -0.2) is 0 Å². The van der Waals surface area contributed by atoms with Crippen LogP contribution in [0.15, 0.2) is 0 Å². The Hall–Kier alpha value is -3.42. The van der Waals surface area contributed by atoms with Crippen LogP contribution >= 0.6 is 0 Å². The van der Waals surface area contributed by atoms with E-state index in [-0.39, 0.29) is 0 Å². The lowest BCUT2D eigenvalue weighted by Gasteiger charge is -2.47. The molecule has 0 aromatic heterocycles. The van der Waals surface area contributed by atoms with Gasteiger partial charge in [-0.15, -0.1) is 0 Å². The SMILES string of the molecule is COC1(C)O[C@H]2O[C@H](COC(C)=O)[C@@H](O[C@H]3O[C@H](COC(C)=O)[C@@H](OC(C)=O)[C@H](OC(C)=O)[C@H]3OC(C)=O)[C@H](OC(C)=O)[C@H]2O1. The van der Waals surface area contributed by atoms with E-state index in [1.807, 2.05) is 0 Å². The van der Waals surface area contributed by atoms with Crippen molar-refractivity contribution in [1.29, 1.82) is 0 Å². The summed E-state index contributed by atoms with van der Waals surface area (Å²) in [6.07, 6.45) is -14.0. The molecule has 3 aliphatic heterocycles. The van der Waals surface area contributed by atoms with Gasteiger partial charge in [0.2, 0.25) is 0 Å². The van der Waals surface area contributed by atoms with Gasteiger partial charge >= 0.3 is 35.8 Å². The lowest BCUT2D eigenvalue weighted by molar-refractivity contribution is -0.350. The zero-order valence-corrected chi connectivity index (χ0v) is 26.0. The zero-order chi connectivity index (χ0) is 33.6. The number of carbonyl (C=O) groups is 6. The first kappa shape index (κ1) is 36.1. The summed E-state index contributed by atoms with van der Waals surface area (Å²) in [6.45, 7) is 7.08. The van der Waals surface area contributed by atoms with Gasteiger partial charge in [0.1, 0.15) is 31.5 Å². The Morgan fingerprint density at radius 3 is 1.53 bits per heavy atom. The molecule has 3 heterocycles. The Balaban J connectivity index is 2.09. The molecular formula is C27H38O18. The van der Waals surface area contributed by atoms with Gasteiger partial charge in [-0.2, -0.15) is 0 Å². The van der Waals surface area contributed by atoms with Gasteiger partial charge in [-0.05, 0) is 0 Å². The predicted octanol–water partition coefficient (Wildman–Crippen LogP) is -0.590. The van der Waals surface area contributed by atoms with Crippen LogP contribution in [0, 0.1) is 0 Å². The van der Waals surface area contributed by atoms with E-state index in [9.17, 15) is 28.8 Å². The molecule has 3 rings (SSSR count). The highest BCUT2D eigenvalue weighted by atomic mass is 16.9. The number of fused-ring (bicyclic) bond motifs is 1. The van der Waals surface area contributed by atoms with E-state index in [2.05, 4.69) is 0 Å². The number of hydrogen-bond acceptors (Lipinski definition) is 18. The summed E-state index contributed by atoms with van der Waals surface area (Å²) in [5, 5.41) is 0. The zero-order valence-electron chi connectivity index (χ0n) is 26.0. The molecule has 254 valence electrons. The highest BCUT2D eigenvalue weighted by Gasteiger charge is 2.61. The van der Waals surface area contributed by atoms with E-state index < -0.39 is 116 Å². The summed E-state index contributed by atoms with van der Waals surface area (Å²) in [5.74, 6) is -6.35. The van der Waals surface area contributed by atoms with E-state index in [0.29, 0.717) is 0 Å². The molecule has 0 saturated carbocycles. The van der Waals surface area contributed by atoms with Crippen molar-refractivity contribution < 1.29 is 85.6 Å². The van der Waals surface area contributed by atoms with Crippen LogP contribution in [0.1, 0.15) is 48.5 Å². The molecule has 3 saturated heterocycles. The fraction of sp³-hybridized carbons (Fsp3) is 0.778.